The molecule has 1 saturated heterocycles. The maximum absolute atomic E-state index is 12.6. The van der Waals surface area contributed by atoms with Gasteiger partial charge in [0.25, 0.3) is 10.1 Å². The molecule has 7 nitrogen and oxygen atoms in total. The van der Waals surface area contributed by atoms with Crippen LogP contribution in [-0.4, -0.2) is 50.6 Å². The van der Waals surface area contributed by atoms with Crippen molar-refractivity contribution in [3.63, 3.8) is 0 Å². The van der Waals surface area contributed by atoms with Crippen LogP contribution in [0.1, 0.15) is 32.3 Å². The lowest BCUT2D eigenvalue weighted by atomic mass is 9.89. The highest BCUT2D eigenvalue weighted by atomic mass is 32.2. The predicted octanol–water partition coefficient (Wildman–Crippen LogP) is 3.84. The Bertz CT molecular complexity index is 960. The van der Waals surface area contributed by atoms with Crippen LogP contribution in [0.15, 0.2) is 53.7 Å². The number of benzene rings is 1. The Morgan fingerprint density at radius 1 is 1.07 bits per heavy atom. The summed E-state index contributed by atoms with van der Waals surface area (Å²) in [6, 6.07) is 10.3. The number of aromatic nitrogens is 1. The molecule has 0 atom stereocenters. The molecule has 1 aliphatic heterocycles. The van der Waals surface area contributed by atoms with Crippen LogP contribution in [-0.2, 0) is 14.3 Å². The fraction of sp³-hybridized carbons (Fsp3) is 0.455. The summed E-state index contributed by atoms with van der Waals surface area (Å²) in [6.07, 6.45) is 4.88. The second kappa shape index (κ2) is 9.14. The van der Waals surface area contributed by atoms with Gasteiger partial charge in [0, 0.05) is 37.7 Å². The molecular formula is C22H29N3O4S. The highest BCUT2D eigenvalue weighted by molar-refractivity contribution is 7.86. The van der Waals surface area contributed by atoms with Crippen molar-refractivity contribution >= 4 is 21.8 Å². The SMILES string of the molecule is Cc1ccc(S(=O)(=O)OCC(C)(C)CCCN2CCN(c3ccncc3)C2=O)cc1. The number of pyridine rings is 1. The summed E-state index contributed by atoms with van der Waals surface area (Å²) >= 11 is 0. The molecule has 1 fully saturated rings. The van der Waals surface area contributed by atoms with Gasteiger partial charge >= 0.3 is 6.03 Å². The van der Waals surface area contributed by atoms with E-state index in [1.54, 1.807) is 41.6 Å². The van der Waals surface area contributed by atoms with Crippen molar-refractivity contribution in [2.24, 2.45) is 5.41 Å². The number of aryl methyl sites for hydroxylation is 1. The van der Waals surface area contributed by atoms with Crippen molar-refractivity contribution in [2.45, 2.75) is 38.5 Å². The van der Waals surface area contributed by atoms with E-state index in [-0.39, 0.29) is 22.9 Å². The number of nitrogens with zero attached hydrogens (tertiary/aromatic N) is 3. The summed E-state index contributed by atoms with van der Waals surface area (Å²) < 4.78 is 30.1. The number of hydrogen-bond acceptors (Lipinski definition) is 5. The van der Waals surface area contributed by atoms with E-state index >= 15 is 0 Å². The molecule has 2 amide bonds. The minimum Gasteiger partial charge on any atom is -0.323 e. The molecule has 162 valence electrons. The molecule has 0 aliphatic carbocycles. The zero-order valence-corrected chi connectivity index (χ0v) is 18.6. The van der Waals surface area contributed by atoms with Crippen LogP contribution >= 0.6 is 0 Å². The number of urea groups is 1. The molecule has 0 spiro atoms. The van der Waals surface area contributed by atoms with Crippen LogP contribution in [0, 0.1) is 12.3 Å². The van der Waals surface area contributed by atoms with Crippen molar-refractivity contribution in [3.8, 4) is 0 Å². The molecule has 8 heteroatoms. The van der Waals surface area contributed by atoms with Crippen LogP contribution in [0.25, 0.3) is 0 Å². The van der Waals surface area contributed by atoms with E-state index in [2.05, 4.69) is 4.98 Å². The van der Waals surface area contributed by atoms with Gasteiger partial charge < -0.3 is 4.90 Å². The van der Waals surface area contributed by atoms with E-state index in [1.807, 2.05) is 37.8 Å². The fourth-order valence-corrected chi connectivity index (χ4v) is 4.46. The molecule has 0 saturated carbocycles. The molecule has 0 bridgehead atoms. The van der Waals surface area contributed by atoms with Gasteiger partial charge in [-0.05, 0) is 49.4 Å². The van der Waals surface area contributed by atoms with Crippen molar-refractivity contribution in [1.29, 1.82) is 0 Å². The Kier molecular flexibility index (Phi) is 6.77. The standard InChI is InChI=1S/C22H29N3O4S/c1-18-5-7-20(8-6-18)30(27,28)29-17-22(2,3)11-4-14-24-15-16-25(21(24)26)19-9-12-23-13-10-19/h5-10,12-13H,4,11,14-17H2,1-3H3. The molecule has 1 aromatic heterocycles. The van der Waals surface area contributed by atoms with E-state index in [9.17, 15) is 13.2 Å². The van der Waals surface area contributed by atoms with E-state index in [4.69, 9.17) is 4.18 Å². The van der Waals surface area contributed by atoms with Gasteiger partial charge in [-0.3, -0.25) is 14.1 Å². The lowest BCUT2D eigenvalue weighted by Crippen LogP contribution is -2.33. The average molecular weight is 432 g/mol. The zero-order valence-electron chi connectivity index (χ0n) is 17.7. The quantitative estimate of drug-likeness (QED) is 0.564. The van der Waals surface area contributed by atoms with E-state index in [0.29, 0.717) is 19.6 Å². The summed E-state index contributed by atoms with van der Waals surface area (Å²) in [5.74, 6) is 0. The summed E-state index contributed by atoms with van der Waals surface area (Å²) in [6.45, 7) is 7.93. The molecular weight excluding hydrogens is 402 g/mol. The molecule has 2 aromatic rings. The zero-order chi connectivity index (χ0) is 21.8. The predicted molar refractivity (Wildman–Crippen MR) is 116 cm³/mol. The molecule has 3 rings (SSSR count). The fourth-order valence-electron chi connectivity index (χ4n) is 3.38. The van der Waals surface area contributed by atoms with E-state index < -0.39 is 10.1 Å². The molecule has 0 unspecified atom stereocenters. The van der Waals surface area contributed by atoms with Crippen molar-refractivity contribution in [2.75, 3.05) is 31.1 Å². The van der Waals surface area contributed by atoms with E-state index in [1.165, 1.54) is 0 Å². The lowest BCUT2D eigenvalue weighted by molar-refractivity contribution is 0.166. The van der Waals surface area contributed by atoms with Crippen LogP contribution in [0.2, 0.25) is 0 Å². The Hall–Kier alpha value is -2.45. The second-order valence-corrected chi connectivity index (χ2v) is 10.0. The van der Waals surface area contributed by atoms with Gasteiger partial charge in [0.1, 0.15) is 0 Å². The number of rotatable bonds is 9. The third-order valence-corrected chi connectivity index (χ3v) is 6.54. The average Bonchev–Trinajstić information content (AvgIpc) is 3.08. The first-order valence-corrected chi connectivity index (χ1v) is 11.5. The topological polar surface area (TPSA) is 79.8 Å². The summed E-state index contributed by atoms with van der Waals surface area (Å²) in [5, 5.41) is 0. The van der Waals surface area contributed by atoms with Gasteiger partial charge in [0.05, 0.1) is 11.5 Å². The van der Waals surface area contributed by atoms with Crippen molar-refractivity contribution < 1.29 is 17.4 Å². The first-order valence-electron chi connectivity index (χ1n) is 10.1. The third kappa shape index (κ3) is 5.58. The second-order valence-electron chi connectivity index (χ2n) is 8.42. The Labute approximate surface area is 178 Å². The normalized spacial score (nSPS) is 15.1. The van der Waals surface area contributed by atoms with Gasteiger partial charge in [0.2, 0.25) is 0 Å². The van der Waals surface area contributed by atoms with E-state index in [0.717, 1.165) is 24.1 Å². The third-order valence-electron chi connectivity index (χ3n) is 5.27. The Morgan fingerprint density at radius 2 is 1.73 bits per heavy atom. The molecule has 1 aromatic carbocycles. The number of carbonyl (C=O) groups is 1. The molecule has 0 N–H and O–H groups in total. The minimum atomic E-state index is -3.77. The van der Waals surface area contributed by atoms with Gasteiger partial charge in [-0.2, -0.15) is 8.42 Å². The van der Waals surface area contributed by atoms with Crippen LogP contribution in [0.3, 0.4) is 0 Å². The van der Waals surface area contributed by atoms with Crippen molar-refractivity contribution in [1.82, 2.24) is 9.88 Å². The van der Waals surface area contributed by atoms with Gasteiger partial charge in [-0.15, -0.1) is 0 Å². The lowest BCUT2D eigenvalue weighted by Gasteiger charge is -2.25. The van der Waals surface area contributed by atoms with Crippen LogP contribution < -0.4 is 4.90 Å². The number of carbonyl (C=O) groups excluding carboxylic acids is 1. The first kappa shape index (κ1) is 22.2. The summed E-state index contributed by atoms with van der Waals surface area (Å²) in [5.41, 5.74) is 1.52. The Morgan fingerprint density at radius 3 is 2.40 bits per heavy atom. The summed E-state index contributed by atoms with van der Waals surface area (Å²) in [4.78, 5) is 20.4. The minimum absolute atomic E-state index is 0.00259. The van der Waals surface area contributed by atoms with Gasteiger partial charge in [-0.1, -0.05) is 31.5 Å². The Balaban J connectivity index is 1.47. The van der Waals surface area contributed by atoms with Gasteiger partial charge in [0.15, 0.2) is 0 Å². The van der Waals surface area contributed by atoms with Crippen molar-refractivity contribution in [3.05, 3.63) is 54.4 Å². The van der Waals surface area contributed by atoms with Crippen LogP contribution in [0.5, 0.6) is 0 Å². The number of anilines is 1. The van der Waals surface area contributed by atoms with Gasteiger partial charge in [-0.25, -0.2) is 4.79 Å². The highest BCUT2D eigenvalue weighted by Crippen LogP contribution is 2.26. The molecule has 1 aliphatic rings. The van der Waals surface area contributed by atoms with Crippen LogP contribution in [0.4, 0.5) is 10.5 Å². The monoisotopic (exact) mass is 431 g/mol. The number of amides is 2. The maximum Gasteiger partial charge on any atom is 0.324 e. The first-order chi connectivity index (χ1) is 14.2. The molecule has 0 radical (unpaired) electrons. The summed E-state index contributed by atoms with van der Waals surface area (Å²) in [7, 11) is -3.77. The smallest absolute Gasteiger partial charge is 0.323 e. The highest BCUT2D eigenvalue weighted by Gasteiger charge is 2.30. The molecule has 2 heterocycles. The maximum atomic E-state index is 12.6. The largest absolute Gasteiger partial charge is 0.324 e. The number of hydrogen-bond donors (Lipinski definition) is 0. The molecule has 30 heavy (non-hydrogen) atoms.